The summed E-state index contributed by atoms with van der Waals surface area (Å²) in [5.74, 6) is -0.942. The molecule has 1 saturated carbocycles. The number of rotatable bonds is 5. The molecule has 0 aromatic carbocycles. The number of hydrogen-bond acceptors (Lipinski definition) is 3. The standard InChI is InChI=1S/C11H19NO3/c1-7(10(13)14)6-12-8-5-9(15-4)11(8,2)3/h8-9,12H,1,5-6H2,2-4H3,(H,13,14). The molecule has 1 fully saturated rings. The Kier molecular flexibility index (Phi) is 3.52. The van der Waals surface area contributed by atoms with E-state index in [1.807, 2.05) is 0 Å². The summed E-state index contributed by atoms with van der Waals surface area (Å²) >= 11 is 0. The predicted octanol–water partition coefficient (Wildman–Crippen LogP) is 1.03. The Bertz CT molecular complexity index is 273. The number of methoxy groups -OCH3 is 1. The zero-order valence-corrected chi connectivity index (χ0v) is 9.54. The van der Waals surface area contributed by atoms with Crippen LogP contribution in [0.1, 0.15) is 20.3 Å². The van der Waals surface area contributed by atoms with Gasteiger partial charge in [0.1, 0.15) is 0 Å². The van der Waals surface area contributed by atoms with E-state index in [9.17, 15) is 4.79 Å². The molecule has 2 N–H and O–H groups in total. The first-order valence-corrected chi connectivity index (χ1v) is 5.06. The van der Waals surface area contributed by atoms with Gasteiger partial charge >= 0.3 is 5.97 Å². The second-order valence-electron chi connectivity index (χ2n) is 4.62. The first-order valence-electron chi connectivity index (χ1n) is 5.06. The lowest BCUT2D eigenvalue weighted by Gasteiger charge is -2.51. The third-order valence-electron chi connectivity index (χ3n) is 3.33. The van der Waals surface area contributed by atoms with E-state index in [1.165, 1.54) is 0 Å². The Morgan fingerprint density at radius 1 is 1.67 bits per heavy atom. The van der Waals surface area contributed by atoms with Crippen molar-refractivity contribution in [3.63, 3.8) is 0 Å². The quantitative estimate of drug-likeness (QED) is 0.670. The Morgan fingerprint density at radius 2 is 2.27 bits per heavy atom. The molecule has 4 nitrogen and oxygen atoms in total. The number of hydrogen-bond donors (Lipinski definition) is 2. The first kappa shape index (κ1) is 12.2. The molecule has 15 heavy (non-hydrogen) atoms. The van der Waals surface area contributed by atoms with Gasteiger partial charge in [0.05, 0.1) is 6.10 Å². The van der Waals surface area contributed by atoms with Crippen molar-refractivity contribution in [2.75, 3.05) is 13.7 Å². The molecular weight excluding hydrogens is 194 g/mol. The Labute approximate surface area is 90.3 Å². The van der Waals surface area contributed by atoms with Gasteiger partial charge in [0.15, 0.2) is 0 Å². The van der Waals surface area contributed by atoms with E-state index in [0.717, 1.165) is 6.42 Å². The summed E-state index contributed by atoms with van der Waals surface area (Å²) in [5.41, 5.74) is 0.264. The van der Waals surface area contributed by atoms with Crippen LogP contribution in [0.3, 0.4) is 0 Å². The highest BCUT2D eigenvalue weighted by Crippen LogP contribution is 2.42. The van der Waals surface area contributed by atoms with E-state index < -0.39 is 5.97 Å². The van der Waals surface area contributed by atoms with E-state index in [1.54, 1.807) is 7.11 Å². The molecule has 86 valence electrons. The van der Waals surface area contributed by atoms with Gasteiger partial charge in [-0.3, -0.25) is 0 Å². The maximum Gasteiger partial charge on any atom is 0.332 e. The summed E-state index contributed by atoms with van der Waals surface area (Å²) in [7, 11) is 1.71. The molecule has 0 saturated heterocycles. The maximum absolute atomic E-state index is 10.5. The van der Waals surface area contributed by atoms with Crippen molar-refractivity contribution in [3.05, 3.63) is 12.2 Å². The summed E-state index contributed by atoms with van der Waals surface area (Å²) in [6.07, 6.45) is 1.18. The molecule has 2 unspecified atom stereocenters. The Balaban J connectivity index is 2.37. The number of carboxylic acid groups (broad SMARTS) is 1. The van der Waals surface area contributed by atoms with E-state index >= 15 is 0 Å². The minimum atomic E-state index is -0.942. The molecule has 0 spiro atoms. The van der Waals surface area contributed by atoms with Crippen LogP contribution in [0.4, 0.5) is 0 Å². The molecule has 0 amide bonds. The molecule has 2 atom stereocenters. The Morgan fingerprint density at radius 3 is 2.67 bits per heavy atom. The molecule has 0 heterocycles. The highest BCUT2D eigenvalue weighted by molar-refractivity contribution is 5.86. The average Bonchev–Trinajstić information content (AvgIpc) is 2.15. The fourth-order valence-electron chi connectivity index (χ4n) is 1.95. The largest absolute Gasteiger partial charge is 0.478 e. The lowest BCUT2D eigenvalue weighted by molar-refractivity contribution is -0.132. The molecule has 0 aromatic rings. The van der Waals surface area contributed by atoms with Gasteiger partial charge in [-0.05, 0) is 6.42 Å². The number of ether oxygens (including phenoxy) is 1. The zero-order chi connectivity index (χ0) is 11.6. The smallest absolute Gasteiger partial charge is 0.332 e. The third-order valence-corrected chi connectivity index (χ3v) is 3.33. The van der Waals surface area contributed by atoms with Crippen LogP contribution in [-0.2, 0) is 9.53 Å². The van der Waals surface area contributed by atoms with Gasteiger partial charge in [-0.15, -0.1) is 0 Å². The van der Waals surface area contributed by atoms with Crippen LogP contribution in [0.2, 0.25) is 0 Å². The van der Waals surface area contributed by atoms with Crippen LogP contribution in [0.25, 0.3) is 0 Å². The van der Waals surface area contributed by atoms with Crippen molar-refractivity contribution in [2.24, 2.45) is 5.41 Å². The van der Waals surface area contributed by atoms with Crippen LogP contribution in [0, 0.1) is 5.41 Å². The number of nitrogens with one attached hydrogen (secondary N) is 1. The van der Waals surface area contributed by atoms with E-state index in [2.05, 4.69) is 25.7 Å². The molecule has 0 bridgehead atoms. The van der Waals surface area contributed by atoms with E-state index in [0.29, 0.717) is 12.6 Å². The van der Waals surface area contributed by atoms with Crippen LogP contribution in [-0.4, -0.2) is 36.9 Å². The normalized spacial score (nSPS) is 28.2. The molecule has 1 aliphatic rings. The van der Waals surface area contributed by atoms with Gasteiger partial charge in [-0.2, -0.15) is 0 Å². The molecule has 0 radical (unpaired) electrons. The highest BCUT2D eigenvalue weighted by atomic mass is 16.5. The molecule has 1 aliphatic carbocycles. The van der Waals surface area contributed by atoms with Crippen molar-refractivity contribution < 1.29 is 14.6 Å². The summed E-state index contributed by atoms with van der Waals surface area (Å²) in [5, 5.41) is 11.8. The predicted molar refractivity (Wildman–Crippen MR) is 57.8 cm³/mol. The zero-order valence-electron chi connectivity index (χ0n) is 9.54. The van der Waals surface area contributed by atoms with Gasteiger partial charge in [-0.1, -0.05) is 20.4 Å². The fourth-order valence-corrected chi connectivity index (χ4v) is 1.95. The van der Waals surface area contributed by atoms with Crippen molar-refractivity contribution in [1.29, 1.82) is 0 Å². The number of carbonyl (C=O) groups is 1. The van der Waals surface area contributed by atoms with Gasteiger partial charge < -0.3 is 15.2 Å². The summed E-state index contributed by atoms with van der Waals surface area (Å²) < 4.78 is 5.31. The SMILES string of the molecule is C=C(CNC1CC(OC)C1(C)C)C(=O)O. The average molecular weight is 213 g/mol. The summed E-state index contributed by atoms with van der Waals surface area (Å²) in [6, 6.07) is 0.304. The first-order chi connectivity index (χ1) is 6.89. The lowest BCUT2D eigenvalue weighted by Crippen LogP contribution is -2.60. The number of aliphatic carboxylic acids is 1. The Hall–Kier alpha value is -0.870. The lowest BCUT2D eigenvalue weighted by atomic mass is 9.64. The minimum Gasteiger partial charge on any atom is -0.478 e. The van der Waals surface area contributed by atoms with Gasteiger partial charge in [0.25, 0.3) is 0 Å². The van der Waals surface area contributed by atoms with Crippen LogP contribution in [0.15, 0.2) is 12.2 Å². The van der Waals surface area contributed by atoms with Crippen molar-refractivity contribution in [1.82, 2.24) is 5.32 Å². The second-order valence-corrected chi connectivity index (χ2v) is 4.62. The monoisotopic (exact) mass is 213 g/mol. The fraction of sp³-hybridized carbons (Fsp3) is 0.727. The molecule has 1 rings (SSSR count). The molecule has 0 aliphatic heterocycles. The molecule has 0 aromatic heterocycles. The van der Waals surface area contributed by atoms with Crippen molar-refractivity contribution in [3.8, 4) is 0 Å². The van der Waals surface area contributed by atoms with Gasteiger partial charge in [0.2, 0.25) is 0 Å². The maximum atomic E-state index is 10.5. The highest BCUT2D eigenvalue weighted by Gasteiger charge is 2.48. The topological polar surface area (TPSA) is 58.6 Å². The summed E-state index contributed by atoms with van der Waals surface area (Å²) in [4.78, 5) is 10.5. The van der Waals surface area contributed by atoms with Gasteiger partial charge in [0, 0.05) is 30.7 Å². The van der Waals surface area contributed by atoms with Crippen LogP contribution < -0.4 is 5.32 Å². The number of carboxylic acids is 1. The van der Waals surface area contributed by atoms with Gasteiger partial charge in [-0.25, -0.2) is 4.79 Å². The minimum absolute atomic E-state index is 0.0630. The van der Waals surface area contributed by atoms with Crippen LogP contribution in [0.5, 0.6) is 0 Å². The molecular formula is C11H19NO3. The molecule has 4 heteroatoms. The van der Waals surface area contributed by atoms with Crippen molar-refractivity contribution >= 4 is 5.97 Å². The third kappa shape index (κ3) is 2.38. The summed E-state index contributed by atoms with van der Waals surface area (Å²) in [6.45, 7) is 8.05. The van der Waals surface area contributed by atoms with E-state index in [4.69, 9.17) is 9.84 Å². The van der Waals surface area contributed by atoms with Crippen LogP contribution >= 0.6 is 0 Å². The van der Waals surface area contributed by atoms with Crippen molar-refractivity contribution in [2.45, 2.75) is 32.4 Å². The second kappa shape index (κ2) is 4.33. The van der Waals surface area contributed by atoms with E-state index in [-0.39, 0.29) is 17.1 Å².